The van der Waals surface area contributed by atoms with Crippen LogP contribution in [0.2, 0.25) is 0 Å². The highest BCUT2D eigenvalue weighted by Crippen LogP contribution is 2.33. The molecule has 0 fully saturated rings. The zero-order valence-electron chi connectivity index (χ0n) is 20.6. The first kappa shape index (κ1) is 25.8. The first-order valence-corrected chi connectivity index (χ1v) is 12.0. The van der Waals surface area contributed by atoms with Crippen molar-refractivity contribution in [2.75, 3.05) is 6.54 Å². The number of aromatic nitrogens is 3. The van der Waals surface area contributed by atoms with Gasteiger partial charge in [-0.05, 0) is 42.3 Å². The molecule has 0 spiro atoms. The molecule has 1 N–H and O–H groups in total. The van der Waals surface area contributed by atoms with Gasteiger partial charge in [0.2, 0.25) is 0 Å². The van der Waals surface area contributed by atoms with Crippen molar-refractivity contribution in [3.05, 3.63) is 107 Å². The van der Waals surface area contributed by atoms with E-state index in [0.29, 0.717) is 11.4 Å². The highest BCUT2D eigenvalue weighted by Gasteiger charge is 2.38. The number of aryl methyl sites for hydroxylation is 1. The molecule has 1 aliphatic rings. The van der Waals surface area contributed by atoms with E-state index in [2.05, 4.69) is 15.4 Å². The van der Waals surface area contributed by atoms with Crippen LogP contribution in [0.3, 0.4) is 0 Å². The third-order valence-electron chi connectivity index (χ3n) is 6.52. The standard InChI is InChI=1S/C28H22F3N5O3/c1-35-24(32-16-33-35)17-10-12-18(13-11-17)25(37)34-20(14-19-6-2-5-9-23(19)28(29,30)31)15-36-26(38)21-7-3-4-8-22(21)27(36)39/h2-13,16,20H,14-15H2,1H3,(H,34,37). The van der Waals surface area contributed by atoms with Crippen molar-refractivity contribution in [2.24, 2.45) is 7.05 Å². The zero-order valence-corrected chi connectivity index (χ0v) is 20.6. The maximum atomic E-state index is 13.7. The lowest BCUT2D eigenvalue weighted by molar-refractivity contribution is -0.138. The first-order valence-electron chi connectivity index (χ1n) is 12.0. The smallest absolute Gasteiger partial charge is 0.347 e. The van der Waals surface area contributed by atoms with Crippen molar-refractivity contribution in [3.8, 4) is 11.4 Å². The Bertz CT molecular complexity index is 1530. The van der Waals surface area contributed by atoms with Gasteiger partial charge in [0.25, 0.3) is 17.7 Å². The van der Waals surface area contributed by atoms with Crippen molar-refractivity contribution < 1.29 is 27.6 Å². The van der Waals surface area contributed by atoms with E-state index in [0.717, 1.165) is 11.0 Å². The Morgan fingerprint density at radius 1 is 0.923 bits per heavy atom. The molecule has 0 aliphatic carbocycles. The van der Waals surface area contributed by atoms with Gasteiger partial charge in [-0.25, -0.2) is 9.67 Å². The Morgan fingerprint density at radius 2 is 1.54 bits per heavy atom. The number of hydrogen-bond donors (Lipinski definition) is 1. The number of nitrogens with one attached hydrogen (secondary N) is 1. The van der Waals surface area contributed by atoms with Crippen LogP contribution < -0.4 is 5.32 Å². The number of imide groups is 1. The summed E-state index contributed by atoms with van der Waals surface area (Å²) in [6.07, 6.45) is -3.47. The van der Waals surface area contributed by atoms with Crippen molar-refractivity contribution >= 4 is 17.7 Å². The topological polar surface area (TPSA) is 97.2 Å². The van der Waals surface area contributed by atoms with Gasteiger partial charge in [0.05, 0.1) is 22.7 Å². The average Bonchev–Trinajstić information content (AvgIpc) is 3.45. The fourth-order valence-electron chi connectivity index (χ4n) is 4.62. The van der Waals surface area contributed by atoms with E-state index in [1.165, 1.54) is 36.7 Å². The first-order chi connectivity index (χ1) is 18.6. The molecule has 5 rings (SSSR count). The minimum absolute atomic E-state index is 0.0652. The summed E-state index contributed by atoms with van der Waals surface area (Å²) >= 11 is 0. The van der Waals surface area contributed by atoms with E-state index < -0.39 is 35.5 Å². The van der Waals surface area contributed by atoms with Gasteiger partial charge >= 0.3 is 6.18 Å². The molecule has 1 atom stereocenters. The number of rotatable bonds is 7. The number of benzene rings is 3. The van der Waals surface area contributed by atoms with Crippen LogP contribution >= 0.6 is 0 Å². The van der Waals surface area contributed by atoms with E-state index in [1.54, 1.807) is 48.1 Å². The Kier molecular flexibility index (Phi) is 6.73. The summed E-state index contributed by atoms with van der Waals surface area (Å²) in [7, 11) is 1.73. The van der Waals surface area contributed by atoms with Gasteiger partial charge < -0.3 is 5.32 Å². The number of amides is 3. The number of halogens is 3. The van der Waals surface area contributed by atoms with Crippen molar-refractivity contribution in [2.45, 2.75) is 18.6 Å². The third-order valence-corrected chi connectivity index (χ3v) is 6.52. The SMILES string of the molecule is Cn1ncnc1-c1ccc(C(=O)NC(Cc2ccccc2C(F)(F)F)CN2C(=O)c3ccccc3C2=O)cc1. The Labute approximate surface area is 221 Å². The normalized spacial score (nSPS) is 13.9. The molecule has 3 aromatic carbocycles. The molecule has 0 bridgehead atoms. The van der Waals surface area contributed by atoms with Gasteiger partial charge in [0, 0.05) is 24.7 Å². The second-order valence-corrected chi connectivity index (χ2v) is 9.08. The molecule has 39 heavy (non-hydrogen) atoms. The summed E-state index contributed by atoms with van der Waals surface area (Å²) < 4.78 is 42.7. The molecule has 8 nitrogen and oxygen atoms in total. The van der Waals surface area contributed by atoms with Gasteiger partial charge in [-0.1, -0.05) is 42.5 Å². The van der Waals surface area contributed by atoms with Crippen LogP contribution in [0.15, 0.2) is 79.1 Å². The van der Waals surface area contributed by atoms with E-state index in [-0.39, 0.29) is 35.2 Å². The van der Waals surface area contributed by atoms with E-state index in [4.69, 9.17) is 0 Å². The average molecular weight is 534 g/mol. The largest absolute Gasteiger partial charge is 0.416 e. The number of nitrogens with zero attached hydrogens (tertiary/aromatic N) is 4. The zero-order chi connectivity index (χ0) is 27.7. The maximum absolute atomic E-state index is 13.7. The lowest BCUT2D eigenvalue weighted by atomic mass is 9.99. The van der Waals surface area contributed by atoms with Crippen LogP contribution in [-0.4, -0.2) is 50.0 Å². The summed E-state index contributed by atoms with van der Waals surface area (Å²) in [5, 5.41) is 6.75. The summed E-state index contributed by atoms with van der Waals surface area (Å²) in [6, 6.07) is 16.8. The molecule has 4 aromatic rings. The van der Waals surface area contributed by atoms with Crippen LogP contribution in [0.4, 0.5) is 13.2 Å². The summed E-state index contributed by atoms with van der Waals surface area (Å²) in [5.41, 5.74) is 0.472. The van der Waals surface area contributed by atoms with Crippen molar-refractivity contribution in [1.29, 1.82) is 0 Å². The maximum Gasteiger partial charge on any atom is 0.416 e. The lowest BCUT2D eigenvalue weighted by Crippen LogP contribution is -2.47. The Morgan fingerprint density at radius 3 is 2.13 bits per heavy atom. The minimum Gasteiger partial charge on any atom is -0.347 e. The number of alkyl halides is 3. The third kappa shape index (κ3) is 5.15. The number of carbonyl (C=O) groups is 3. The minimum atomic E-state index is -4.61. The molecule has 198 valence electrons. The van der Waals surface area contributed by atoms with Crippen LogP contribution in [0.25, 0.3) is 11.4 Å². The predicted octanol–water partition coefficient (Wildman–Crippen LogP) is 4.14. The molecule has 3 amide bonds. The molecule has 2 heterocycles. The fraction of sp³-hybridized carbons (Fsp3) is 0.179. The summed E-state index contributed by atoms with van der Waals surface area (Å²) in [5.74, 6) is -1.10. The van der Waals surface area contributed by atoms with Gasteiger partial charge in [-0.15, -0.1) is 0 Å². The molecule has 11 heteroatoms. The molecule has 1 aliphatic heterocycles. The number of fused-ring (bicyclic) bond motifs is 1. The van der Waals surface area contributed by atoms with Crippen molar-refractivity contribution in [1.82, 2.24) is 25.0 Å². The Balaban J connectivity index is 1.42. The Hall–Kier alpha value is -4.80. The van der Waals surface area contributed by atoms with Gasteiger partial charge in [-0.2, -0.15) is 18.3 Å². The van der Waals surface area contributed by atoms with E-state index in [9.17, 15) is 27.6 Å². The van der Waals surface area contributed by atoms with E-state index in [1.807, 2.05) is 0 Å². The second-order valence-electron chi connectivity index (χ2n) is 9.08. The van der Waals surface area contributed by atoms with Crippen molar-refractivity contribution in [3.63, 3.8) is 0 Å². The fourth-order valence-corrected chi connectivity index (χ4v) is 4.62. The number of carbonyl (C=O) groups excluding carboxylic acids is 3. The molecule has 0 radical (unpaired) electrons. The van der Waals surface area contributed by atoms with Crippen LogP contribution in [-0.2, 0) is 19.6 Å². The summed E-state index contributed by atoms with van der Waals surface area (Å²) in [4.78, 5) is 44.2. The molecule has 0 saturated carbocycles. The monoisotopic (exact) mass is 533 g/mol. The van der Waals surface area contributed by atoms with Crippen LogP contribution in [0, 0.1) is 0 Å². The van der Waals surface area contributed by atoms with Crippen LogP contribution in [0.5, 0.6) is 0 Å². The van der Waals surface area contributed by atoms with Gasteiger partial charge in [0.1, 0.15) is 6.33 Å². The van der Waals surface area contributed by atoms with Crippen LogP contribution in [0.1, 0.15) is 42.2 Å². The molecule has 1 unspecified atom stereocenters. The van der Waals surface area contributed by atoms with Gasteiger partial charge in [0.15, 0.2) is 5.82 Å². The quantitative estimate of drug-likeness (QED) is 0.360. The second kappa shape index (κ2) is 10.2. The molecule has 0 saturated heterocycles. The highest BCUT2D eigenvalue weighted by atomic mass is 19.4. The van der Waals surface area contributed by atoms with E-state index >= 15 is 0 Å². The lowest BCUT2D eigenvalue weighted by Gasteiger charge is -2.25. The number of hydrogen-bond acceptors (Lipinski definition) is 5. The molecular weight excluding hydrogens is 511 g/mol. The molecule has 1 aromatic heterocycles. The molecular formula is C28H22F3N5O3. The predicted molar refractivity (Wildman–Crippen MR) is 135 cm³/mol. The summed E-state index contributed by atoms with van der Waals surface area (Å²) in [6.45, 7) is -0.304. The van der Waals surface area contributed by atoms with Gasteiger partial charge in [-0.3, -0.25) is 19.3 Å². The highest BCUT2D eigenvalue weighted by molar-refractivity contribution is 6.21.